The van der Waals surface area contributed by atoms with Crippen LogP contribution in [-0.2, 0) is 4.74 Å². The van der Waals surface area contributed by atoms with Crippen LogP contribution >= 0.6 is 12.2 Å². The molecule has 0 aromatic heterocycles. The molecule has 0 spiro atoms. The summed E-state index contributed by atoms with van der Waals surface area (Å²) >= 11 is 5.63. The first-order valence-corrected chi connectivity index (χ1v) is 9.93. The summed E-state index contributed by atoms with van der Waals surface area (Å²) < 4.78 is 5.48. The number of morpholine rings is 1. The van der Waals surface area contributed by atoms with Gasteiger partial charge in [-0.15, -0.1) is 0 Å². The predicted molar refractivity (Wildman–Crippen MR) is 116 cm³/mol. The Labute approximate surface area is 167 Å². The zero-order valence-corrected chi connectivity index (χ0v) is 17.2. The molecule has 0 bridgehead atoms. The molecule has 0 radical (unpaired) electrons. The van der Waals surface area contributed by atoms with Gasteiger partial charge >= 0.3 is 0 Å². The number of hydrogen-bond donors (Lipinski definition) is 2. The Morgan fingerprint density at radius 3 is 2.26 bits per heavy atom. The van der Waals surface area contributed by atoms with Crippen LogP contribution in [0.1, 0.15) is 28.3 Å². The van der Waals surface area contributed by atoms with E-state index in [-0.39, 0.29) is 6.04 Å². The molecule has 27 heavy (non-hydrogen) atoms. The highest BCUT2D eigenvalue weighted by atomic mass is 32.1. The van der Waals surface area contributed by atoms with Crippen LogP contribution in [0.25, 0.3) is 0 Å². The van der Waals surface area contributed by atoms with Gasteiger partial charge in [0.1, 0.15) is 0 Å². The minimum Gasteiger partial charge on any atom is -0.379 e. The van der Waals surface area contributed by atoms with E-state index in [4.69, 9.17) is 17.0 Å². The Hall–Kier alpha value is -1.95. The van der Waals surface area contributed by atoms with Crippen molar-refractivity contribution >= 4 is 23.0 Å². The normalized spacial score (nSPS) is 16.0. The van der Waals surface area contributed by atoms with Gasteiger partial charge in [0.2, 0.25) is 0 Å². The third-order valence-electron chi connectivity index (χ3n) is 4.81. The molecule has 2 aromatic rings. The molecule has 1 saturated heterocycles. The Kier molecular flexibility index (Phi) is 6.83. The minimum atomic E-state index is 0.134. The van der Waals surface area contributed by atoms with Gasteiger partial charge in [0.25, 0.3) is 0 Å². The molecule has 2 N–H and O–H groups in total. The number of anilines is 1. The summed E-state index contributed by atoms with van der Waals surface area (Å²) in [5.41, 5.74) is 5.99. The average molecular weight is 384 g/mol. The van der Waals surface area contributed by atoms with Gasteiger partial charge in [-0.25, -0.2) is 0 Å². The highest BCUT2D eigenvalue weighted by Crippen LogP contribution is 2.18. The van der Waals surface area contributed by atoms with E-state index in [1.165, 1.54) is 22.3 Å². The predicted octanol–water partition coefficient (Wildman–Crippen LogP) is 3.97. The van der Waals surface area contributed by atoms with E-state index >= 15 is 0 Å². The van der Waals surface area contributed by atoms with Gasteiger partial charge in [-0.1, -0.05) is 35.9 Å². The van der Waals surface area contributed by atoms with Crippen LogP contribution in [-0.4, -0.2) is 42.9 Å². The van der Waals surface area contributed by atoms with E-state index in [1.807, 2.05) is 0 Å². The van der Waals surface area contributed by atoms with E-state index in [9.17, 15) is 0 Å². The lowest BCUT2D eigenvalue weighted by atomic mass is 10.0. The zero-order chi connectivity index (χ0) is 19.2. The first-order chi connectivity index (χ1) is 13.0. The first kappa shape index (κ1) is 19.8. The second-order valence-electron chi connectivity index (χ2n) is 7.35. The van der Waals surface area contributed by atoms with Crippen molar-refractivity contribution in [2.24, 2.45) is 0 Å². The van der Waals surface area contributed by atoms with Crippen molar-refractivity contribution in [2.75, 3.05) is 38.2 Å². The Morgan fingerprint density at radius 1 is 1.00 bits per heavy atom. The average Bonchev–Trinajstić information content (AvgIpc) is 2.62. The number of nitrogens with zero attached hydrogens (tertiary/aromatic N) is 1. The Balaban J connectivity index is 1.71. The van der Waals surface area contributed by atoms with Gasteiger partial charge in [0, 0.05) is 25.3 Å². The Bertz CT molecular complexity index is 749. The van der Waals surface area contributed by atoms with Crippen LogP contribution in [0.15, 0.2) is 42.5 Å². The molecule has 0 aliphatic carbocycles. The second kappa shape index (κ2) is 9.31. The van der Waals surface area contributed by atoms with Crippen molar-refractivity contribution in [1.82, 2.24) is 10.2 Å². The highest BCUT2D eigenvalue weighted by Gasteiger charge is 2.19. The molecule has 0 saturated carbocycles. The highest BCUT2D eigenvalue weighted by molar-refractivity contribution is 7.80. The molecule has 1 aliphatic rings. The lowest BCUT2D eigenvalue weighted by Crippen LogP contribution is -2.44. The minimum absolute atomic E-state index is 0.134. The van der Waals surface area contributed by atoms with Crippen molar-refractivity contribution in [3.63, 3.8) is 0 Å². The SMILES string of the molecule is Cc1ccc([C@@H](CN2CCOCC2)NC(=S)Nc2cc(C)cc(C)c2)cc1. The third-order valence-corrected chi connectivity index (χ3v) is 5.03. The quantitative estimate of drug-likeness (QED) is 0.764. The topological polar surface area (TPSA) is 36.5 Å². The zero-order valence-electron chi connectivity index (χ0n) is 16.4. The van der Waals surface area contributed by atoms with E-state index in [0.717, 1.165) is 38.5 Å². The lowest BCUT2D eigenvalue weighted by molar-refractivity contribution is 0.0344. The van der Waals surface area contributed by atoms with E-state index in [1.54, 1.807) is 0 Å². The van der Waals surface area contributed by atoms with Gasteiger partial charge in [-0.3, -0.25) is 4.90 Å². The van der Waals surface area contributed by atoms with Crippen LogP contribution in [0.2, 0.25) is 0 Å². The van der Waals surface area contributed by atoms with Crippen molar-refractivity contribution in [1.29, 1.82) is 0 Å². The number of ether oxygens (including phenoxy) is 1. The molecule has 1 heterocycles. The van der Waals surface area contributed by atoms with E-state index in [0.29, 0.717) is 5.11 Å². The molecule has 1 aliphatic heterocycles. The Morgan fingerprint density at radius 2 is 1.63 bits per heavy atom. The summed E-state index contributed by atoms with van der Waals surface area (Å²) in [6.07, 6.45) is 0. The molecule has 3 rings (SSSR count). The molecular formula is C22H29N3OS. The summed E-state index contributed by atoms with van der Waals surface area (Å²) in [7, 11) is 0. The number of aryl methyl sites for hydroxylation is 3. The number of rotatable bonds is 5. The van der Waals surface area contributed by atoms with Gasteiger partial charge in [0.15, 0.2) is 5.11 Å². The van der Waals surface area contributed by atoms with E-state index in [2.05, 4.69) is 78.8 Å². The lowest BCUT2D eigenvalue weighted by Gasteiger charge is -2.31. The van der Waals surface area contributed by atoms with Crippen molar-refractivity contribution in [2.45, 2.75) is 26.8 Å². The maximum Gasteiger partial charge on any atom is 0.171 e. The smallest absolute Gasteiger partial charge is 0.171 e. The molecule has 0 unspecified atom stereocenters. The number of thiocarbonyl (C=S) groups is 1. The maximum absolute atomic E-state index is 5.63. The fourth-order valence-corrected chi connectivity index (χ4v) is 3.71. The van der Waals surface area contributed by atoms with Gasteiger partial charge < -0.3 is 15.4 Å². The summed E-state index contributed by atoms with van der Waals surface area (Å²) in [6, 6.07) is 15.2. The molecule has 5 heteroatoms. The van der Waals surface area contributed by atoms with E-state index < -0.39 is 0 Å². The van der Waals surface area contributed by atoms with Crippen LogP contribution in [0.3, 0.4) is 0 Å². The summed E-state index contributed by atoms with van der Waals surface area (Å²) in [4.78, 5) is 2.43. The number of hydrogen-bond acceptors (Lipinski definition) is 3. The summed E-state index contributed by atoms with van der Waals surface area (Å²) in [5.74, 6) is 0. The van der Waals surface area contributed by atoms with Crippen molar-refractivity contribution < 1.29 is 4.74 Å². The first-order valence-electron chi connectivity index (χ1n) is 9.52. The number of nitrogens with one attached hydrogen (secondary N) is 2. The fourth-order valence-electron chi connectivity index (χ4n) is 3.45. The molecule has 0 amide bonds. The van der Waals surface area contributed by atoms with Gasteiger partial charge in [0.05, 0.1) is 19.3 Å². The molecular weight excluding hydrogens is 354 g/mol. The monoisotopic (exact) mass is 383 g/mol. The third kappa shape index (κ3) is 6.03. The maximum atomic E-state index is 5.63. The molecule has 144 valence electrons. The molecule has 4 nitrogen and oxygen atoms in total. The van der Waals surface area contributed by atoms with Crippen molar-refractivity contribution in [3.05, 3.63) is 64.7 Å². The van der Waals surface area contributed by atoms with Gasteiger partial charge in [-0.2, -0.15) is 0 Å². The summed E-state index contributed by atoms with van der Waals surface area (Å²) in [5, 5.41) is 7.53. The van der Waals surface area contributed by atoms with Crippen LogP contribution in [0, 0.1) is 20.8 Å². The van der Waals surface area contributed by atoms with Crippen LogP contribution in [0.4, 0.5) is 5.69 Å². The standard InChI is InChI=1S/C22H29N3OS/c1-16-4-6-19(7-5-16)21(15-25-8-10-26-11-9-25)24-22(27)23-20-13-17(2)12-18(3)14-20/h4-7,12-14,21H,8-11,15H2,1-3H3,(H2,23,24,27)/t21-/m1/s1. The summed E-state index contributed by atoms with van der Waals surface area (Å²) in [6.45, 7) is 10.7. The molecule has 1 atom stereocenters. The number of benzene rings is 2. The van der Waals surface area contributed by atoms with Gasteiger partial charge in [-0.05, 0) is 61.8 Å². The van der Waals surface area contributed by atoms with Crippen molar-refractivity contribution in [3.8, 4) is 0 Å². The van der Waals surface area contributed by atoms with Crippen LogP contribution in [0.5, 0.6) is 0 Å². The molecule has 1 fully saturated rings. The fraction of sp³-hybridized carbons (Fsp3) is 0.409. The largest absolute Gasteiger partial charge is 0.379 e. The van der Waals surface area contributed by atoms with Crippen LogP contribution < -0.4 is 10.6 Å². The molecule has 2 aromatic carbocycles. The second-order valence-corrected chi connectivity index (χ2v) is 7.76.